The summed E-state index contributed by atoms with van der Waals surface area (Å²) in [6, 6.07) is 8.81. The van der Waals surface area contributed by atoms with E-state index in [1.807, 2.05) is 23.0 Å². The maximum atomic E-state index is 4.35. The Bertz CT molecular complexity index is 642. The summed E-state index contributed by atoms with van der Waals surface area (Å²) in [5.41, 5.74) is 3.83. The maximum absolute atomic E-state index is 4.35. The van der Waals surface area contributed by atoms with Crippen LogP contribution in [0.5, 0.6) is 0 Å². The molecule has 4 heteroatoms. The van der Waals surface area contributed by atoms with E-state index in [-0.39, 0.29) is 0 Å². The van der Waals surface area contributed by atoms with Crippen molar-refractivity contribution in [3.63, 3.8) is 0 Å². The van der Waals surface area contributed by atoms with Crippen LogP contribution in [0.1, 0.15) is 18.1 Å². The Morgan fingerprint density at radius 1 is 1.37 bits per heavy atom. The normalized spacial score (nSPS) is 12.9. The molecule has 0 aromatic carbocycles. The van der Waals surface area contributed by atoms with E-state index in [0.29, 0.717) is 6.04 Å². The minimum atomic E-state index is 0.466. The van der Waals surface area contributed by atoms with Gasteiger partial charge in [0.2, 0.25) is 0 Å². The number of nitrogens with zero attached hydrogens (tertiary/aromatic N) is 2. The van der Waals surface area contributed by atoms with Crippen LogP contribution < -0.4 is 5.32 Å². The van der Waals surface area contributed by atoms with E-state index in [2.05, 4.69) is 46.3 Å². The fraction of sp³-hybridized carbons (Fsp3) is 0.267. The summed E-state index contributed by atoms with van der Waals surface area (Å²) in [6.45, 7) is 3.09. The molecule has 3 nitrogen and oxygen atoms in total. The van der Waals surface area contributed by atoms with Crippen molar-refractivity contribution in [1.82, 2.24) is 14.9 Å². The van der Waals surface area contributed by atoms with Crippen LogP contribution in [0, 0.1) is 0 Å². The van der Waals surface area contributed by atoms with Gasteiger partial charge in [-0.3, -0.25) is 0 Å². The van der Waals surface area contributed by atoms with Gasteiger partial charge < -0.3 is 5.32 Å². The lowest BCUT2D eigenvalue weighted by atomic mass is 10.1. The molecule has 0 amide bonds. The first-order valence-corrected chi connectivity index (χ1v) is 7.43. The number of nitrogens with one attached hydrogen (secondary N) is 1. The number of aromatic nitrogens is 2. The summed E-state index contributed by atoms with van der Waals surface area (Å²) in [5, 5.41) is 12.3. The molecule has 0 saturated heterocycles. The molecular formula is C15H17N3S. The third kappa shape index (κ3) is 2.85. The molecule has 0 saturated carbocycles. The highest BCUT2D eigenvalue weighted by Gasteiger charge is 2.06. The van der Waals surface area contributed by atoms with Gasteiger partial charge in [-0.15, -0.1) is 0 Å². The minimum absolute atomic E-state index is 0.466. The van der Waals surface area contributed by atoms with E-state index in [9.17, 15) is 0 Å². The zero-order valence-electron chi connectivity index (χ0n) is 10.9. The molecule has 0 fully saturated rings. The van der Waals surface area contributed by atoms with E-state index < -0.39 is 0 Å². The molecule has 1 atom stereocenters. The first-order chi connectivity index (χ1) is 9.33. The van der Waals surface area contributed by atoms with Crippen LogP contribution in [0.15, 0.2) is 47.4 Å². The fourth-order valence-corrected chi connectivity index (χ4v) is 2.92. The molecule has 3 aromatic rings. The minimum Gasteiger partial charge on any atom is -0.310 e. The third-order valence-electron chi connectivity index (χ3n) is 3.27. The summed E-state index contributed by atoms with van der Waals surface area (Å²) in [4.78, 5) is 0. The Morgan fingerprint density at radius 3 is 3.16 bits per heavy atom. The van der Waals surface area contributed by atoms with Crippen molar-refractivity contribution in [2.75, 3.05) is 0 Å². The van der Waals surface area contributed by atoms with Gasteiger partial charge in [0, 0.05) is 24.3 Å². The summed E-state index contributed by atoms with van der Waals surface area (Å²) < 4.78 is 1.92. The fourth-order valence-electron chi connectivity index (χ4n) is 2.24. The molecule has 0 aliphatic carbocycles. The highest BCUT2D eigenvalue weighted by atomic mass is 32.1. The molecular weight excluding hydrogens is 254 g/mol. The second kappa shape index (κ2) is 5.55. The van der Waals surface area contributed by atoms with E-state index in [1.54, 1.807) is 11.3 Å². The first kappa shape index (κ1) is 12.4. The summed E-state index contributed by atoms with van der Waals surface area (Å²) in [6.07, 6.45) is 5.00. The summed E-state index contributed by atoms with van der Waals surface area (Å²) >= 11 is 1.76. The second-order valence-electron chi connectivity index (χ2n) is 4.82. The molecule has 1 unspecified atom stereocenters. The van der Waals surface area contributed by atoms with E-state index in [1.165, 1.54) is 16.6 Å². The lowest BCUT2D eigenvalue weighted by Gasteiger charge is -2.12. The molecule has 0 aliphatic heterocycles. The highest BCUT2D eigenvalue weighted by molar-refractivity contribution is 7.07. The quantitative estimate of drug-likeness (QED) is 0.772. The molecule has 19 heavy (non-hydrogen) atoms. The zero-order chi connectivity index (χ0) is 13.1. The summed E-state index contributed by atoms with van der Waals surface area (Å²) in [7, 11) is 0. The van der Waals surface area contributed by atoms with Gasteiger partial charge in [-0.25, -0.2) is 4.52 Å². The van der Waals surface area contributed by atoms with Gasteiger partial charge in [0.1, 0.15) is 0 Å². The Kier molecular flexibility index (Phi) is 3.62. The molecule has 0 bridgehead atoms. The van der Waals surface area contributed by atoms with Crippen LogP contribution in [0.4, 0.5) is 0 Å². The van der Waals surface area contributed by atoms with E-state index >= 15 is 0 Å². The second-order valence-corrected chi connectivity index (χ2v) is 5.60. The standard InChI is InChI=1S/C15H17N3S/c1-12(8-13-5-7-19-11-13)16-9-14-10-17-18-6-3-2-4-15(14)18/h2-7,10-12,16H,8-9H2,1H3. The Balaban J connectivity index is 1.62. The van der Waals surface area contributed by atoms with Crippen LogP contribution in [0.25, 0.3) is 5.52 Å². The number of pyridine rings is 1. The van der Waals surface area contributed by atoms with Crippen molar-refractivity contribution in [3.8, 4) is 0 Å². The zero-order valence-corrected chi connectivity index (χ0v) is 11.7. The summed E-state index contributed by atoms with van der Waals surface area (Å²) in [5.74, 6) is 0. The van der Waals surface area contributed by atoms with Crippen molar-refractivity contribution in [1.29, 1.82) is 0 Å². The largest absolute Gasteiger partial charge is 0.310 e. The molecule has 3 aromatic heterocycles. The predicted molar refractivity (Wildman–Crippen MR) is 79.5 cm³/mol. The smallest absolute Gasteiger partial charge is 0.0706 e. The van der Waals surface area contributed by atoms with Crippen LogP contribution in [0.3, 0.4) is 0 Å². The van der Waals surface area contributed by atoms with Crippen molar-refractivity contribution < 1.29 is 0 Å². The van der Waals surface area contributed by atoms with Crippen molar-refractivity contribution in [2.24, 2.45) is 0 Å². The van der Waals surface area contributed by atoms with Gasteiger partial charge in [0.25, 0.3) is 0 Å². The van der Waals surface area contributed by atoms with E-state index in [4.69, 9.17) is 0 Å². The Morgan fingerprint density at radius 2 is 2.32 bits per heavy atom. The average Bonchev–Trinajstić information content (AvgIpc) is 3.05. The Labute approximate surface area is 116 Å². The SMILES string of the molecule is CC(Cc1ccsc1)NCc1cnn2ccccc12. The van der Waals surface area contributed by atoms with Crippen molar-refractivity contribution >= 4 is 16.9 Å². The third-order valence-corrected chi connectivity index (χ3v) is 4.00. The predicted octanol–water partition coefficient (Wildman–Crippen LogP) is 3.12. The highest BCUT2D eigenvalue weighted by Crippen LogP contribution is 2.11. The molecule has 3 heterocycles. The molecule has 0 radical (unpaired) electrons. The van der Waals surface area contributed by atoms with E-state index in [0.717, 1.165) is 13.0 Å². The Hall–Kier alpha value is -1.65. The molecule has 0 aliphatic rings. The van der Waals surface area contributed by atoms with Crippen LogP contribution in [-0.2, 0) is 13.0 Å². The lowest BCUT2D eigenvalue weighted by Crippen LogP contribution is -2.27. The maximum Gasteiger partial charge on any atom is 0.0706 e. The van der Waals surface area contributed by atoms with Gasteiger partial charge >= 0.3 is 0 Å². The molecule has 98 valence electrons. The monoisotopic (exact) mass is 271 g/mol. The van der Waals surface area contributed by atoms with Gasteiger partial charge in [0.05, 0.1) is 11.7 Å². The van der Waals surface area contributed by atoms with Gasteiger partial charge in [-0.2, -0.15) is 16.4 Å². The van der Waals surface area contributed by atoms with Crippen molar-refractivity contribution in [2.45, 2.75) is 25.9 Å². The molecule has 3 rings (SSSR count). The van der Waals surface area contributed by atoms with Crippen LogP contribution >= 0.6 is 11.3 Å². The van der Waals surface area contributed by atoms with Gasteiger partial charge in [-0.05, 0) is 47.9 Å². The number of rotatable bonds is 5. The van der Waals surface area contributed by atoms with Gasteiger partial charge in [-0.1, -0.05) is 6.07 Å². The van der Waals surface area contributed by atoms with Gasteiger partial charge in [0.15, 0.2) is 0 Å². The average molecular weight is 271 g/mol. The lowest BCUT2D eigenvalue weighted by molar-refractivity contribution is 0.547. The topological polar surface area (TPSA) is 29.3 Å². The van der Waals surface area contributed by atoms with Crippen LogP contribution in [0.2, 0.25) is 0 Å². The number of thiophene rings is 1. The van der Waals surface area contributed by atoms with Crippen LogP contribution in [-0.4, -0.2) is 15.7 Å². The van der Waals surface area contributed by atoms with Crippen molar-refractivity contribution in [3.05, 3.63) is 58.5 Å². The number of hydrogen-bond acceptors (Lipinski definition) is 3. The molecule has 1 N–H and O–H groups in total. The first-order valence-electron chi connectivity index (χ1n) is 6.48. The number of hydrogen-bond donors (Lipinski definition) is 1. The number of fused-ring (bicyclic) bond motifs is 1. The molecule has 0 spiro atoms.